The van der Waals surface area contributed by atoms with E-state index >= 15 is 0 Å². The molecule has 3 unspecified atom stereocenters. The topological polar surface area (TPSA) is 101 Å². The fourth-order valence-electron chi connectivity index (χ4n) is 4.37. The maximum absolute atomic E-state index is 14.9. The summed E-state index contributed by atoms with van der Waals surface area (Å²) in [5.74, 6) is -4.46. The highest BCUT2D eigenvalue weighted by Crippen LogP contribution is 2.56. The summed E-state index contributed by atoms with van der Waals surface area (Å²) < 4.78 is 118. The Morgan fingerprint density at radius 2 is 1.91 bits per heavy atom. The molecule has 192 valence electrons. The Balaban J connectivity index is 1.80. The lowest BCUT2D eigenvalue weighted by molar-refractivity contribution is -0.160. The predicted molar refractivity (Wildman–Crippen MR) is 109 cm³/mol. The Morgan fingerprint density at radius 1 is 1.31 bits per heavy atom. The van der Waals surface area contributed by atoms with Crippen LogP contribution >= 0.6 is 0 Å². The Labute approximate surface area is 195 Å². The number of amides is 1. The summed E-state index contributed by atoms with van der Waals surface area (Å²) in [5.41, 5.74) is -8.73. The number of hydrogen-bond donors (Lipinski definition) is 2. The highest BCUT2D eigenvalue weighted by atomic mass is 32.2. The molecule has 2 aromatic rings. The normalized spacial score (nSPS) is 26.5. The maximum Gasteiger partial charge on any atom is 0.420 e. The van der Waals surface area contributed by atoms with Gasteiger partial charge in [-0.15, -0.1) is 0 Å². The van der Waals surface area contributed by atoms with Gasteiger partial charge in [-0.2, -0.15) is 18.3 Å². The Kier molecular flexibility index (Phi) is 5.54. The average Bonchev–Trinajstić information content (AvgIpc) is 3.10. The third kappa shape index (κ3) is 4.74. The Hall–Kier alpha value is -2.71. The van der Waals surface area contributed by atoms with Crippen LogP contribution < -0.4 is 5.32 Å². The summed E-state index contributed by atoms with van der Waals surface area (Å²) in [6.07, 6.45) is -7.73. The van der Waals surface area contributed by atoms with E-state index in [-0.39, 0.29) is 10.7 Å². The van der Waals surface area contributed by atoms with Crippen LogP contribution in [0.5, 0.6) is 0 Å². The SMILES string of the molecule is CC1(Cn2nc(C3(F)CC3F)c(C(F)(F)F)c2C(=O)Nc2ccnc(S(C)(=N)=O)c2)CC(F)(F)C1. The molecule has 15 heteroatoms. The van der Waals surface area contributed by atoms with E-state index in [1.807, 2.05) is 0 Å². The first kappa shape index (κ1) is 25.4. The van der Waals surface area contributed by atoms with Crippen LogP contribution in [0.4, 0.5) is 36.4 Å². The summed E-state index contributed by atoms with van der Waals surface area (Å²) in [6.45, 7) is 0.792. The van der Waals surface area contributed by atoms with Crippen molar-refractivity contribution < 1.29 is 39.7 Å². The van der Waals surface area contributed by atoms with E-state index in [9.17, 15) is 39.7 Å². The second-order valence-electron chi connectivity index (χ2n) is 9.46. The first-order valence-corrected chi connectivity index (χ1v) is 12.2. The second kappa shape index (κ2) is 7.64. The standard InChI is InChI=1S/C20H20F7N5O2S/c1-17(7-18(22,23)8-17)9-32-14(13(20(25,26)27)15(31-32)19(24)6-11(19)21)16(33)30-10-3-4-29-12(5-10)35(2,28)34/h3-5,11,28H,6-9H2,1-2H3,(H,29,30,33). The molecule has 3 atom stereocenters. The number of halogens is 7. The van der Waals surface area contributed by atoms with Crippen molar-refractivity contribution in [2.24, 2.45) is 5.41 Å². The van der Waals surface area contributed by atoms with Gasteiger partial charge in [0.05, 0.1) is 9.73 Å². The molecule has 35 heavy (non-hydrogen) atoms. The molecule has 2 heterocycles. The van der Waals surface area contributed by atoms with Crippen molar-refractivity contribution in [1.82, 2.24) is 14.8 Å². The van der Waals surface area contributed by atoms with Crippen LogP contribution in [0.2, 0.25) is 0 Å². The van der Waals surface area contributed by atoms with E-state index in [0.29, 0.717) is 4.68 Å². The molecule has 0 bridgehead atoms. The number of rotatable bonds is 6. The zero-order valence-corrected chi connectivity index (χ0v) is 19.2. The quantitative estimate of drug-likeness (QED) is 0.521. The van der Waals surface area contributed by atoms with E-state index in [4.69, 9.17) is 4.78 Å². The Bertz CT molecular complexity index is 1300. The number of aromatic nitrogens is 3. The fraction of sp³-hybridized carbons (Fsp3) is 0.550. The fourth-order valence-corrected chi connectivity index (χ4v) is 4.99. The largest absolute Gasteiger partial charge is 0.420 e. The van der Waals surface area contributed by atoms with E-state index in [1.165, 1.54) is 6.92 Å². The molecule has 0 saturated heterocycles. The smallest absolute Gasteiger partial charge is 0.320 e. The molecule has 2 fully saturated rings. The van der Waals surface area contributed by atoms with Gasteiger partial charge in [0, 0.05) is 43.9 Å². The molecule has 7 nitrogen and oxygen atoms in total. The molecule has 4 rings (SSSR count). The number of nitrogens with zero attached hydrogens (tertiary/aromatic N) is 3. The van der Waals surface area contributed by atoms with Crippen LogP contribution in [0.25, 0.3) is 0 Å². The number of carbonyl (C=O) groups is 1. The van der Waals surface area contributed by atoms with E-state index < -0.39 is 87.7 Å². The molecule has 0 aliphatic heterocycles. The predicted octanol–water partition coefficient (Wildman–Crippen LogP) is 4.93. The zero-order valence-electron chi connectivity index (χ0n) is 18.3. The molecule has 0 spiro atoms. The molecule has 2 aromatic heterocycles. The van der Waals surface area contributed by atoms with Gasteiger partial charge in [0.25, 0.3) is 5.91 Å². The van der Waals surface area contributed by atoms with Gasteiger partial charge in [0.1, 0.15) is 28.1 Å². The van der Waals surface area contributed by atoms with Gasteiger partial charge in [0.15, 0.2) is 5.67 Å². The lowest BCUT2D eigenvalue weighted by Crippen LogP contribution is -2.47. The molecule has 2 N–H and O–H groups in total. The number of alkyl halides is 7. The van der Waals surface area contributed by atoms with Gasteiger partial charge in [-0.3, -0.25) is 9.48 Å². The number of anilines is 1. The average molecular weight is 527 g/mol. The summed E-state index contributed by atoms with van der Waals surface area (Å²) in [5, 5.41) is 5.47. The van der Waals surface area contributed by atoms with E-state index in [0.717, 1.165) is 24.6 Å². The van der Waals surface area contributed by atoms with Gasteiger partial charge in [-0.1, -0.05) is 6.92 Å². The van der Waals surface area contributed by atoms with Crippen molar-refractivity contribution in [1.29, 1.82) is 4.78 Å². The van der Waals surface area contributed by atoms with Gasteiger partial charge in [-0.05, 0) is 17.5 Å². The molecular weight excluding hydrogens is 507 g/mol. The van der Waals surface area contributed by atoms with Crippen LogP contribution in [-0.4, -0.2) is 43.2 Å². The minimum atomic E-state index is -5.32. The van der Waals surface area contributed by atoms with Crippen LogP contribution in [0.3, 0.4) is 0 Å². The lowest BCUT2D eigenvalue weighted by atomic mass is 9.67. The van der Waals surface area contributed by atoms with Crippen molar-refractivity contribution in [3.05, 3.63) is 35.3 Å². The number of nitrogens with one attached hydrogen (secondary N) is 2. The van der Waals surface area contributed by atoms with Crippen LogP contribution in [0, 0.1) is 10.2 Å². The first-order valence-electron chi connectivity index (χ1n) is 10.3. The van der Waals surface area contributed by atoms with Gasteiger partial charge in [0.2, 0.25) is 5.92 Å². The van der Waals surface area contributed by atoms with Crippen LogP contribution in [-0.2, 0) is 28.1 Å². The molecule has 2 aliphatic carbocycles. The molecular formula is C20H20F7N5O2S. The highest BCUT2D eigenvalue weighted by molar-refractivity contribution is 7.91. The summed E-state index contributed by atoms with van der Waals surface area (Å²) in [4.78, 5) is 16.8. The minimum Gasteiger partial charge on any atom is -0.320 e. The van der Waals surface area contributed by atoms with Crippen molar-refractivity contribution in [2.45, 2.75) is 61.7 Å². The molecule has 0 radical (unpaired) electrons. The molecule has 2 saturated carbocycles. The monoisotopic (exact) mass is 527 g/mol. The maximum atomic E-state index is 14.9. The molecule has 0 aromatic carbocycles. The van der Waals surface area contributed by atoms with Gasteiger partial charge >= 0.3 is 6.18 Å². The van der Waals surface area contributed by atoms with Crippen LogP contribution in [0.15, 0.2) is 23.4 Å². The van der Waals surface area contributed by atoms with Gasteiger partial charge in [-0.25, -0.2) is 31.5 Å². The van der Waals surface area contributed by atoms with Crippen molar-refractivity contribution in [3.8, 4) is 0 Å². The number of carbonyl (C=O) groups excluding carboxylic acids is 1. The first-order chi connectivity index (χ1) is 15.8. The lowest BCUT2D eigenvalue weighted by Gasteiger charge is -2.44. The van der Waals surface area contributed by atoms with Crippen molar-refractivity contribution in [2.75, 3.05) is 11.6 Å². The molecule has 1 amide bonds. The summed E-state index contributed by atoms with van der Waals surface area (Å²) >= 11 is 0. The Morgan fingerprint density at radius 3 is 2.40 bits per heavy atom. The minimum absolute atomic E-state index is 0.171. The van der Waals surface area contributed by atoms with E-state index in [2.05, 4.69) is 15.4 Å². The zero-order chi connectivity index (χ0) is 26.2. The summed E-state index contributed by atoms with van der Waals surface area (Å²) in [6, 6.07) is 2.18. The van der Waals surface area contributed by atoms with Crippen LogP contribution in [0.1, 0.15) is 47.9 Å². The second-order valence-corrected chi connectivity index (χ2v) is 11.6. The van der Waals surface area contributed by atoms with E-state index in [1.54, 1.807) is 0 Å². The summed E-state index contributed by atoms with van der Waals surface area (Å²) in [7, 11) is -3.33. The van der Waals surface area contributed by atoms with Crippen molar-refractivity contribution >= 4 is 21.3 Å². The molecule has 2 aliphatic rings. The van der Waals surface area contributed by atoms with Crippen molar-refractivity contribution in [3.63, 3.8) is 0 Å². The third-order valence-corrected chi connectivity index (χ3v) is 6.97. The van der Waals surface area contributed by atoms with Gasteiger partial charge < -0.3 is 5.32 Å². The number of hydrogen-bond acceptors (Lipinski definition) is 5. The highest BCUT2D eigenvalue weighted by Gasteiger charge is 2.64. The third-order valence-electron chi connectivity index (χ3n) is 5.95. The number of pyridine rings is 1.